The van der Waals surface area contributed by atoms with Gasteiger partial charge in [-0.05, 0) is 11.2 Å². The molecule has 7 nitrogen and oxygen atoms in total. The number of nitriles is 1. The number of carbonyl (C=O) groups is 1. The Bertz CT molecular complexity index is 669. The summed E-state index contributed by atoms with van der Waals surface area (Å²) in [6, 6.07) is 5.74. The number of nitrogens with zero attached hydrogens (tertiary/aromatic N) is 5. The highest BCUT2D eigenvalue weighted by molar-refractivity contribution is 5.70. The van der Waals surface area contributed by atoms with Crippen LogP contribution < -0.4 is 9.79 Å². The lowest BCUT2D eigenvalue weighted by atomic mass is 10.3. The third kappa shape index (κ3) is 6.47. The highest BCUT2D eigenvalue weighted by Gasteiger charge is 2.28. The molecule has 0 N–H and O–H groups in total. The molecule has 120 valence electrons. The van der Waals surface area contributed by atoms with Crippen molar-refractivity contribution in [3.63, 3.8) is 0 Å². The number of alkyl halides is 3. The number of rotatable bonds is 3. The Morgan fingerprint density at radius 2 is 1.96 bits per heavy atom. The Hall–Kier alpha value is -3.09. The largest absolute Gasteiger partial charge is 0.542 e. The second-order valence-electron chi connectivity index (χ2n) is 3.94. The number of carboxylic acid groups (broad SMARTS) is 1. The van der Waals surface area contributed by atoms with E-state index < -0.39 is 12.1 Å². The fourth-order valence-corrected chi connectivity index (χ4v) is 1.26. The Balaban J connectivity index is 0.000000322. The van der Waals surface area contributed by atoms with Gasteiger partial charge in [-0.2, -0.15) is 18.4 Å². The lowest BCUT2D eigenvalue weighted by molar-refractivity contribution is -0.752. The van der Waals surface area contributed by atoms with Crippen LogP contribution in [0.15, 0.2) is 36.9 Å². The average molecular weight is 325 g/mol. The van der Waals surface area contributed by atoms with E-state index in [1.807, 2.05) is 12.3 Å². The third-order valence-corrected chi connectivity index (χ3v) is 2.28. The molecule has 0 radical (unpaired) electrons. The molecule has 0 saturated heterocycles. The summed E-state index contributed by atoms with van der Waals surface area (Å²) in [5.41, 5.74) is 0.869. The van der Waals surface area contributed by atoms with E-state index in [9.17, 15) is 13.2 Å². The maximum Gasteiger partial charge on any atom is 0.430 e. The van der Waals surface area contributed by atoms with Gasteiger partial charge in [0, 0.05) is 24.0 Å². The Kier molecular flexibility index (Phi) is 6.54. The van der Waals surface area contributed by atoms with Gasteiger partial charge in [-0.25, -0.2) is 9.97 Å². The number of carboxylic acids is 1. The van der Waals surface area contributed by atoms with Crippen molar-refractivity contribution in [1.29, 1.82) is 5.26 Å². The number of hydrogen-bond acceptors (Lipinski definition) is 6. The first-order valence-electron chi connectivity index (χ1n) is 6.13. The van der Waals surface area contributed by atoms with E-state index in [0.29, 0.717) is 18.8 Å². The summed E-state index contributed by atoms with van der Waals surface area (Å²) in [4.78, 5) is 17.0. The van der Waals surface area contributed by atoms with Crippen LogP contribution in [-0.2, 0) is 11.3 Å². The molecule has 0 amide bonds. The molecule has 2 aromatic rings. The average Bonchev–Trinajstić information content (AvgIpc) is 2.54. The zero-order valence-corrected chi connectivity index (χ0v) is 11.6. The van der Waals surface area contributed by atoms with E-state index in [1.165, 1.54) is 0 Å². The smallest absolute Gasteiger partial charge is 0.430 e. The number of aliphatic carboxylic acids is 1. The molecule has 0 unspecified atom stereocenters. The second-order valence-corrected chi connectivity index (χ2v) is 3.94. The lowest BCUT2D eigenvalue weighted by Crippen LogP contribution is -2.37. The van der Waals surface area contributed by atoms with Crippen LogP contribution >= 0.6 is 0 Å². The molecule has 23 heavy (non-hydrogen) atoms. The van der Waals surface area contributed by atoms with Gasteiger partial charge in [0.2, 0.25) is 0 Å². The van der Waals surface area contributed by atoms with Crippen molar-refractivity contribution >= 4 is 5.97 Å². The van der Waals surface area contributed by atoms with Gasteiger partial charge in [0.25, 0.3) is 0 Å². The second kappa shape index (κ2) is 8.38. The van der Waals surface area contributed by atoms with Crippen molar-refractivity contribution in [2.45, 2.75) is 19.1 Å². The predicted molar refractivity (Wildman–Crippen MR) is 66.8 cm³/mol. The van der Waals surface area contributed by atoms with Gasteiger partial charge in [-0.1, -0.05) is 4.68 Å². The van der Waals surface area contributed by atoms with Gasteiger partial charge in [0.1, 0.15) is 12.2 Å². The minimum atomic E-state index is -5.19. The van der Waals surface area contributed by atoms with E-state index in [2.05, 4.69) is 21.1 Å². The van der Waals surface area contributed by atoms with Crippen LogP contribution in [0, 0.1) is 11.3 Å². The van der Waals surface area contributed by atoms with Gasteiger partial charge in [0.05, 0.1) is 12.5 Å². The highest BCUT2D eigenvalue weighted by Crippen LogP contribution is 2.11. The fraction of sp³-hybridized carbons (Fsp3) is 0.231. The normalized spacial score (nSPS) is 10.2. The topological polar surface area (TPSA) is 106 Å². The molecule has 0 aromatic carbocycles. The van der Waals surface area contributed by atoms with Crippen LogP contribution in [0.2, 0.25) is 0 Å². The molecule has 0 bridgehead atoms. The molecule has 0 aliphatic heterocycles. The molecule has 0 fully saturated rings. The molecule has 0 aliphatic carbocycles. The summed E-state index contributed by atoms with van der Waals surface area (Å²) < 4.78 is 33.3. The van der Waals surface area contributed by atoms with Crippen molar-refractivity contribution in [2.75, 3.05) is 0 Å². The number of halogens is 3. The predicted octanol–water partition coefficient (Wildman–Crippen LogP) is 0.0384. The van der Waals surface area contributed by atoms with Gasteiger partial charge in [-0.3, -0.25) is 0 Å². The zero-order chi connectivity index (χ0) is 17.3. The van der Waals surface area contributed by atoms with Crippen molar-refractivity contribution in [3.05, 3.63) is 36.9 Å². The van der Waals surface area contributed by atoms with Gasteiger partial charge in [-0.15, -0.1) is 0 Å². The quantitative estimate of drug-likeness (QED) is 0.738. The number of hydrogen-bond donors (Lipinski definition) is 0. The number of carbonyl (C=O) groups excluding carboxylic acids is 1. The Morgan fingerprint density at radius 1 is 1.35 bits per heavy atom. The molecule has 2 aromatic heterocycles. The molecule has 0 saturated carbocycles. The SMILES string of the molecule is N#CCC[n+]1ccc(-c2ncccn2)cn1.O=C([O-])C(F)(F)F. The molecule has 2 rings (SSSR count). The van der Waals surface area contributed by atoms with Crippen molar-refractivity contribution in [1.82, 2.24) is 15.1 Å². The Labute approximate surface area is 128 Å². The summed E-state index contributed by atoms with van der Waals surface area (Å²) in [5.74, 6) is -2.35. The molecular weight excluding hydrogens is 315 g/mol. The van der Waals surface area contributed by atoms with Gasteiger partial charge in [0.15, 0.2) is 18.6 Å². The van der Waals surface area contributed by atoms with Crippen LogP contribution in [0.4, 0.5) is 13.2 Å². The molecule has 10 heteroatoms. The first kappa shape index (κ1) is 18.0. The van der Waals surface area contributed by atoms with Crippen LogP contribution in [-0.4, -0.2) is 27.2 Å². The van der Waals surface area contributed by atoms with E-state index >= 15 is 0 Å². The monoisotopic (exact) mass is 325 g/mol. The summed E-state index contributed by atoms with van der Waals surface area (Å²) in [6.45, 7) is 0.604. The maximum absolute atomic E-state index is 10.5. The van der Waals surface area contributed by atoms with E-state index in [-0.39, 0.29) is 0 Å². The Morgan fingerprint density at radius 3 is 2.39 bits per heavy atom. The maximum atomic E-state index is 10.5. The summed E-state index contributed by atoms with van der Waals surface area (Å²) in [5, 5.41) is 21.4. The van der Waals surface area contributed by atoms with E-state index in [1.54, 1.807) is 29.3 Å². The summed E-state index contributed by atoms with van der Waals surface area (Å²) in [7, 11) is 0. The zero-order valence-electron chi connectivity index (χ0n) is 11.6. The first-order chi connectivity index (χ1) is 10.8. The van der Waals surface area contributed by atoms with Crippen LogP contribution in [0.3, 0.4) is 0 Å². The van der Waals surface area contributed by atoms with Crippen LogP contribution in [0.1, 0.15) is 6.42 Å². The molecular formula is C13H10F3N5O2. The van der Waals surface area contributed by atoms with E-state index in [0.717, 1.165) is 5.56 Å². The number of aromatic nitrogens is 4. The van der Waals surface area contributed by atoms with E-state index in [4.69, 9.17) is 15.2 Å². The summed E-state index contributed by atoms with van der Waals surface area (Å²) >= 11 is 0. The lowest BCUT2D eigenvalue weighted by Gasteiger charge is -2.03. The van der Waals surface area contributed by atoms with Crippen LogP contribution in [0.5, 0.6) is 0 Å². The van der Waals surface area contributed by atoms with Gasteiger partial charge >= 0.3 is 6.18 Å². The molecule has 0 spiro atoms. The number of aryl methyl sites for hydroxylation is 1. The molecule has 2 heterocycles. The standard InChI is InChI=1S/C11H10N5.C2HF3O2/c12-4-1-7-16-8-3-10(9-15-16)11-13-5-2-6-14-11;3-2(4,5)1(6)7/h2-3,5-6,8-9H,1,7H2;(H,6,7)/q+1;/p-1. The van der Waals surface area contributed by atoms with Gasteiger partial charge < -0.3 is 9.90 Å². The van der Waals surface area contributed by atoms with Crippen molar-refractivity contribution < 1.29 is 27.8 Å². The van der Waals surface area contributed by atoms with Crippen LogP contribution in [0.25, 0.3) is 11.4 Å². The minimum absolute atomic E-state index is 0.457. The fourth-order valence-electron chi connectivity index (χ4n) is 1.26. The first-order valence-corrected chi connectivity index (χ1v) is 6.13. The molecule has 0 aliphatic rings. The van der Waals surface area contributed by atoms with Crippen molar-refractivity contribution in [2.24, 2.45) is 0 Å². The molecule has 0 atom stereocenters. The third-order valence-electron chi connectivity index (χ3n) is 2.28. The van der Waals surface area contributed by atoms with Crippen molar-refractivity contribution in [3.8, 4) is 17.5 Å². The highest BCUT2D eigenvalue weighted by atomic mass is 19.4. The summed E-state index contributed by atoms with van der Waals surface area (Å²) in [6.07, 6.45) is 2.17. The minimum Gasteiger partial charge on any atom is -0.542 e.